The van der Waals surface area contributed by atoms with Crippen molar-refractivity contribution in [3.8, 4) is 5.75 Å². The maximum Gasteiger partial charge on any atom is 0.255 e. The molecule has 0 bridgehead atoms. The number of carbonyl (C=O) groups is 1. The molecule has 1 aliphatic rings. The number of halogens is 1. The topological polar surface area (TPSA) is 74.3 Å². The Hall–Kier alpha value is -2.64. The Kier molecular flexibility index (Phi) is 4.96. The van der Waals surface area contributed by atoms with E-state index in [9.17, 15) is 4.79 Å². The van der Waals surface area contributed by atoms with Gasteiger partial charge in [-0.25, -0.2) is 9.97 Å². The van der Waals surface area contributed by atoms with Crippen LogP contribution in [0.1, 0.15) is 16.2 Å². The number of nitrogens with zero attached hydrogens (tertiary/aromatic N) is 4. The van der Waals surface area contributed by atoms with Crippen LogP contribution in [-0.4, -0.2) is 63.9 Å². The van der Waals surface area contributed by atoms with Gasteiger partial charge < -0.3 is 14.6 Å². The van der Waals surface area contributed by atoms with Crippen LogP contribution in [0.5, 0.6) is 5.75 Å². The lowest BCUT2D eigenvalue weighted by Crippen LogP contribution is -2.48. The Morgan fingerprint density at radius 3 is 2.74 bits per heavy atom. The number of rotatable bonds is 4. The number of fused-ring (bicyclic) bond motifs is 1. The van der Waals surface area contributed by atoms with Crippen LogP contribution < -0.4 is 4.74 Å². The minimum absolute atomic E-state index is 0.00495. The number of aromatic amines is 1. The third-order valence-corrected chi connectivity index (χ3v) is 4.97. The summed E-state index contributed by atoms with van der Waals surface area (Å²) in [6.07, 6.45) is 1.53. The zero-order chi connectivity index (χ0) is 18.8. The molecular weight excluding hydrogens is 366 g/mol. The van der Waals surface area contributed by atoms with Gasteiger partial charge in [0.15, 0.2) is 0 Å². The van der Waals surface area contributed by atoms with Crippen LogP contribution in [0.15, 0.2) is 36.5 Å². The molecule has 0 saturated carbocycles. The fraction of sp³-hybridized carbons (Fsp3) is 0.316. The molecule has 0 aliphatic carbocycles. The molecule has 3 heterocycles. The number of hydrogen-bond donors (Lipinski definition) is 1. The van der Waals surface area contributed by atoms with E-state index in [1.165, 1.54) is 6.20 Å². The number of ether oxygens (including phenoxy) is 1. The van der Waals surface area contributed by atoms with E-state index in [-0.39, 0.29) is 5.91 Å². The lowest BCUT2D eigenvalue weighted by Gasteiger charge is -2.34. The second-order valence-corrected chi connectivity index (χ2v) is 6.89. The van der Waals surface area contributed by atoms with Gasteiger partial charge in [-0.2, -0.15) is 0 Å². The Morgan fingerprint density at radius 1 is 1.22 bits per heavy atom. The van der Waals surface area contributed by atoms with Crippen molar-refractivity contribution >= 4 is 28.5 Å². The van der Waals surface area contributed by atoms with Gasteiger partial charge in [0.25, 0.3) is 5.91 Å². The Labute approximate surface area is 161 Å². The molecule has 1 amide bonds. The number of methoxy groups -OCH3 is 1. The molecule has 0 unspecified atom stereocenters. The normalized spacial score (nSPS) is 15.3. The van der Waals surface area contributed by atoms with Crippen LogP contribution in [0.3, 0.4) is 0 Å². The molecule has 0 atom stereocenters. The first-order valence-corrected chi connectivity index (χ1v) is 9.16. The zero-order valence-corrected chi connectivity index (χ0v) is 15.7. The number of amides is 1. The van der Waals surface area contributed by atoms with E-state index >= 15 is 0 Å². The maximum absolute atomic E-state index is 12.5. The Bertz CT molecular complexity index is 948. The number of benzene rings is 1. The number of piperazine rings is 1. The molecule has 1 saturated heterocycles. The fourth-order valence-electron chi connectivity index (χ4n) is 3.25. The van der Waals surface area contributed by atoms with Gasteiger partial charge in [0.05, 0.1) is 30.3 Å². The van der Waals surface area contributed by atoms with Crippen molar-refractivity contribution < 1.29 is 9.53 Å². The molecule has 1 aliphatic heterocycles. The smallest absolute Gasteiger partial charge is 0.255 e. The van der Waals surface area contributed by atoms with Gasteiger partial charge in [-0.05, 0) is 24.3 Å². The quantitative estimate of drug-likeness (QED) is 0.699. The summed E-state index contributed by atoms with van der Waals surface area (Å²) in [6, 6.07) is 9.16. The van der Waals surface area contributed by atoms with Crippen molar-refractivity contribution in [1.29, 1.82) is 0 Å². The molecule has 1 fully saturated rings. The summed E-state index contributed by atoms with van der Waals surface area (Å²) in [6.45, 7) is 3.67. The summed E-state index contributed by atoms with van der Waals surface area (Å²) >= 11 is 5.79. The highest BCUT2D eigenvalue weighted by Gasteiger charge is 2.23. The van der Waals surface area contributed by atoms with E-state index in [2.05, 4.69) is 19.9 Å². The molecule has 1 aromatic carbocycles. The summed E-state index contributed by atoms with van der Waals surface area (Å²) in [5, 5.41) is 0.389. The first-order chi connectivity index (χ1) is 13.1. The molecule has 8 heteroatoms. The largest absolute Gasteiger partial charge is 0.497 e. The predicted octanol–water partition coefficient (Wildman–Crippen LogP) is 2.58. The average Bonchev–Trinajstić information content (AvgIpc) is 3.10. The van der Waals surface area contributed by atoms with E-state index < -0.39 is 0 Å². The summed E-state index contributed by atoms with van der Waals surface area (Å²) in [7, 11) is 1.65. The number of imidazole rings is 1. The van der Waals surface area contributed by atoms with Crippen molar-refractivity contribution in [2.24, 2.45) is 0 Å². The van der Waals surface area contributed by atoms with Crippen molar-refractivity contribution in [1.82, 2.24) is 24.8 Å². The number of carbonyl (C=O) groups excluding carboxylic acids is 1. The van der Waals surface area contributed by atoms with Crippen molar-refractivity contribution in [3.05, 3.63) is 53.1 Å². The van der Waals surface area contributed by atoms with Crippen molar-refractivity contribution in [3.63, 3.8) is 0 Å². The van der Waals surface area contributed by atoms with Gasteiger partial charge in [0.2, 0.25) is 0 Å². The van der Waals surface area contributed by atoms with Gasteiger partial charge in [-0.15, -0.1) is 0 Å². The highest BCUT2D eigenvalue weighted by atomic mass is 35.5. The molecule has 27 heavy (non-hydrogen) atoms. The van der Waals surface area contributed by atoms with Gasteiger partial charge in [0.1, 0.15) is 16.7 Å². The van der Waals surface area contributed by atoms with E-state index in [1.807, 2.05) is 23.1 Å². The Balaban J connectivity index is 1.36. The van der Waals surface area contributed by atoms with Gasteiger partial charge in [-0.1, -0.05) is 11.6 Å². The molecule has 1 N–H and O–H groups in total. The summed E-state index contributed by atoms with van der Waals surface area (Å²) in [5.41, 5.74) is 2.46. The molecule has 0 radical (unpaired) electrons. The first kappa shape index (κ1) is 17.8. The van der Waals surface area contributed by atoms with Gasteiger partial charge >= 0.3 is 0 Å². The summed E-state index contributed by atoms with van der Waals surface area (Å²) < 4.78 is 5.25. The zero-order valence-electron chi connectivity index (χ0n) is 15.0. The van der Waals surface area contributed by atoms with Crippen LogP contribution >= 0.6 is 11.6 Å². The minimum atomic E-state index is -0.00495. The van der Waals surface area contributed by atoms with Gasteiger partial charge in [-0.3, -0.25) is 9.69 Å². The fourth-order valence-corrected chi connectivity index (χ4v) is 3.36. The average molecular weight is 386 g/mol. The van der Waals surface area contributed by atoms with E-state index in [0.717, 1.165) is 42.2 Å². The third kappa shape index (κ3) is 3.89. The summed E-state index contributed by atoms with van der Waals surface area (Å²) in [4.78, 5) is 28.7. The number of nitrogens with one attached hydrogen (secondary N) is 1. The molecule has 0 spiro atoms. The monoisotopic (exact) mass is 385 g/mol. The SMILES string of the molecule is COc1ccc2nc(CN3CCN(C(=O)c4ccc(Cl)nc4)CC3)[nH]c2c1. The summed E-state index contributed by atoms with van der Waals surface area (Å²) in [5.74, 6) is 1.72. The van der Waals surface area contributed by atoms with Crippen LogP contribution in [-0.2, 0) is 6.54 Å². The minimum Gasteiger partial charge on any atom is -0.497 e. The van der Waals surface area contributed by atoms with E-state index in [1.54, 1.807) is 19.2 Å². The number of aromatic nitrogens is 3. The van der Waals surface area contributed by atoms with Crippen molar-refractivity contribution in [2.45, 2.75) is 6.54 Å². The lowest BCUT2D eigenvalue weighted by atomic mass is 10.2. The molecule has 4 rings (SSSR count). The molecule has 2 aromatic heterocycles. The number of H-pyrrole nitrogens is 1. The van der Waals surface area contributed by atoms with Gasteiger partial charge in [0, 0.05) is 38.4 Å². The third-order valence-electron chi connectivity index (χ3n) is 4.75. The molecule has 140 valence electrons. The van der Waals surface area contributed by atoms with Crippen LogP contribution in [0.25, 0.3) is 11.0 Å². The van der Waals surface area contributed by atoms with Crippen LogP contribution in [0.2, 0.25) is 5.15 Å². The lowest BCUT2D eigenvalue weighted by molar-refractivity contribution is 0.0625. The van der Waals surface area contributed by atoms with E-state index in [0.29, 0.717) is 23.8 Å². The second kappa shape index (κ2) is 7.54. The number of pyridine rings is 1. The molecule has 7 nitrogen and oxygen atoms in total. The highest BCUT2D eigenvalue weighted by molar-refractivity contribution is 6.29. The molecular formula is C19H20ClN5O2. The first-order valence-electron chi connectivity index (χ1n) is 8.78. The highest BCUT2D eigenvalue weighted by Crippen LogP contribution is 2.19. The van der Waals surface area contributed by atoms with E-state index in [4.69, 9.17) is 16.3 Å². The molecule has 3 aromatic rings. The number of hydrogen-bond acceptors (Lipinski definition) is 5. The predicted molar refractivity (Wildman–Crippen MR) is 103 cm³/mol. The maximum atomic E-state index is 12.5. The standard InChI is InChI=1S/C19H20ClN5O2/c1-27-14-3-4-15-16(10-14)23-18(22-15)12-24-6-8-25(9-7-24)19(26)13-2-5-17(20)21-11-13/h2-5,10-11H,6-9,12H2,1H3,(H,22,23). The second-order valence-electron chi connectivity index (χ2n) is 6.50. The Morgan fingerprint density at radius 2 is 2.04 bits per heavy atom. The van der Waals surface area contributed by atoms with Crippen LogP contribution in [0, 0.1) is 0 Å². The van der Waals surface area contributed by atoms with Crippen LogP contribution in [0.4, 0.5) is 0 Å². The van der Waals surface area contributed by atoms with Crippen molar-refractivity contribution in [2.75, 3.05) is 33.3 Å².